The van der Waals surface area contributed by atoms with Crippen LogP contribution in [0, 0.1) is 0 Å². The highest BCUT2D eigenvalue weighted by molar-refractivity contribution is 5.80. The van der Waals surface area contributed by atoms with Crippen LogP contribution in [0.5, 0.6) is 0 Å². The molecule has 0 spiro atoms. The summed E-state index contributed by atoms with van der Waals surface area (Å²) in [5, 5.41) is 57.3. The van der Waals surface area contributed by atoms with Crippen LogP contribution in [0.3, 0.4) is 0 Å². The molecule has 11 nitrogen and oxygen atoms in total. The summed E-state index contributed by atoms with van der Waals surface area (Å²) in [7, 11) is 0. The summed E-state index contributed by atoms with van der Waals surface area (Å²) in [5.74, 6) is -1.17. The maximum absolute atomic E-state index is 13.5. The van der Waals surface area contributed by atoms with Gasteiger partial charge >= 0.3 is 5.97 Å². The molecule has 8 unspecified atom stereocenters. The van der Waals surface area contributed by atoms with E-state index < -0.39 is 67.4 Å². The lowest BCUT2D eigenvalue weighted by molar-refractivity contribution is -0.305. The molecule has 1 aliphatic heterocycles. The van der Waals surface area contributed by atoms with Gasteiger partial charge in [0, 0.05) is 6.42 Å². The zero-order valence-corrected chi connectivity index (χ0v) is 54.9. The minimum absolute atomic E-state index is 0.132. The summed E-state index contributed by atoms with van der Waals surface area (Å²) in [6, 6.07) is -1.02. The van der Waals surface area contributed by atoms with Crippen LogP contribution in [-0.2, 0) is 23.8 Å². The Morgan fingerprint density at radius 3 is 1.13 bits per heavy atom. The fourth-order valence-electron chi connectivity index (χ4n) is 12.0. The van der Waals surface area contributed by atoms with Crippen LogP contribution in [0.4, 0.5) is 0 Å². The Bertz CT molecular complexity index is 1400. The Labute approximate surface area is 512 Å². The molecule has 492 valence electrons. The first kappa shape index (κ1) is 79.4. The van der Waals surface area contributed by atoms with Crippen molar-refractivity contribution in [3.05, 3.63) is 12.2 Å². The average Bonchev–Trinajstić information content (AvgIpc) is 3.67. The Balaban J connectivity index is 2.57. The van der Waals surface area contributed by atoms with Gasteiger partial charge in [-0.15, -0.1) is 0 Å². The molecule has 83 heavy (non-hydrogen) atoms. The highest BCUT2D eigenvalue weighted by Crippen LogP contribution is 2.27. The van der Waals surface area contributed by atoms with Gasteiger partial charge in [-0.05, 0) is 25.7 Å². The molecule has 1 heterocycles. The van der Waals surface area contributed by atoms with Gasteiger partial charge in [-0.2, -0.15) is 0 Å². The predicted molar refractivity (Wildman–Crippen MR) is 348 cm³/mol. The second-order valence-corrected chi connectivity index (χ2v) is 25.7. The summed E-state index contributed by atoms with van der Waals surface area (Å²) in [6.45, 7) is 5.87. The van der Waals surface area contributed by atoms with E-state index in [4.69, 9.17) is 14.2 Å². The molecule has 0 aromatic heterocycles. The SMILES string of the molecule is CCCCCCCCCCCCC/C=C/C(O)C(COC1OC(CO)C(O)C(O)C1OC(=O)CCCCCCCCCCCCCCCCCCCCC)NC(=O)C(O)CCCCCCCCCCCCCCCCCCCCCCCC. The molecule has 0 radical (unpaired) electrons. The number of aliphatic hydroxyl groups is 5. The quantitative estimate of drug-likeness (QED) is 0.0195. The molecule has 1 saturated heterocycles. The van der Waals surface area contributed by atoms with Crippen LogP contribution in [0.25, 0.3) is 0 Å². The third-order valence-corrected chi connectivity index (χ3v) is 17.7. The van der Waals surface area contributed by atoms with E-state index in [9.17, 15) is 35.1 Å². The lowest BCUT2D eigenvalue weighted by Crippen LogP contribution is -2.61. The molecule has 6 N–H and O–H groups in total. The maximum atomic E-state index is 13.5. The standard InChI is InChI=1S/C72H139NO10/c1-4-7-10-13-16-19-22-25-27-29-31-32-33-35-36-38-41-44-47-50-53-56-59-65(76)71(80)73-63(64(75)58-55-52-49-46-43-40-24-21-18-15-12-9-6-3)62-81-72-70(69(79)68(78)66(61-74)82-72)83-67(77)60-57-54-51-48-45-42-39-37-34-30-28-26-23-20-17-14-11-8-5-2/h55,58,63-66,68-70,72,74-76,78-79H,4-54,56-57,59-62H2,1-3H3,(H,73,80)/b58-55+. The molecule has 0 aromatic rings. The number of allylic oxidation sites excluding steroid dienone is 1. The first-order valence-corrected chi connectivity index (χ1v) is 36.5. The van der Waals surface area contributed by atoms with Gasteiger partial charge in [0.15, 0.2) is 12.4 Å². The summed E-state index contributed by atoms with van der Waals surface area (Å²) < 4.78 is 17.7. The van der Waals surface area contributed by atoms with E-state index in [1.807, 2.05) is 6.08 Å². The normalized spacial score (nSPS) is 18.5. The number of aliphatic hydroxyl groups excluding tert-OH is 5. The van der Waals surface area contributed by atoms with E-state index in [0.29, 0.717) is 19.3 Å². The van der Waals surface area contributed by atoms with Crippen molar-refractivity contribution in [3.8, 4) is 0 Å². The molecule has 8 atom stereocenters. The molecule has 0 aromatic carbocycles. The van der Waals surface area contributed by atoms with Crippen LogP contribution in [0.15, 0.2) is 12.2 Å². The number of ether oxygens (including phenoxy) is 3. The van der Waals surface area contributed by atoms with Crippen molar-refractivity contribution < 1.29 is 49.3 Å². The molecule has 1 amide bonds. The summed E-state index contributed by atoms with van der Waals surface area (Å²) >= 11 is 0. The van der Waals surface area contributed by atoms with E-state index in [2.05, 4.69) is 26.1 Å². The van der Waals surface area contributed by atoms with Crippen LogP contribution in [-0.4, -0.2) is 99.6 Å². The van der Waals surface area contributed by atoms with E-state index in [0.717, 1.165) is 57.8 Å². The molecule has 11 heteroatoms. The largest absolute Gasteiger partial charge is 0.454 e. The van der Waals surface area contributed by atoms with E-state index in [-0.39, 0.29) is 13.0 Å². The number of esters is 1. The zero-order chi connectivity index (χ0) is 60.3. The lowest BCUT2D eigenvalue weighted by atomic mass is 9.99. The number of hydrogen-bond donors (Lipinski definition) is 6. The minimum atomic E-state index is -1.61. The Kier molecular flexibility index (Phi) is 58.1. The van der Waals surface area contributed by atoms with E-state index in [1.54, 1.807) is 6.08 Å². The Morgan fingerprint density at radius 1 is 0.458 bits per heavy atom. The van der Waals surface area contributed by atoms with Crippen molar-refractivity contribution in [2.75, 3.05) is 13.2 Å². The highest BCUT2D eigenvalue weighted by Gasteiger charge is 2.47. The summed E-state index contributed by atoms with van der Waals surface area (Å²) in [6.07, 6.45) is 61.1. The smallest absolute Gasteiger partial charge is 0.306 e. The summed E-state index contributed by atoms with van der Waals surface area (Å²) in [5.41, 5.74) is 0. The van der Waals surface area contributed by atoms with Gasteiger partial charge in [0.05, 0.1) is 25.4 Å². The number of unbranched alkanes of at least 4 members (excludes halogenated alkanes) is 50. The first-order chi connectivity index (χ1) is 40.7. The number of carbonyl (C=O) groups is 2. The van der Waals surface area contributed by atoms with Gasteiger partial charge in [-0.3, -0.25) is 9.59 Å². The lowest BCUT2D eigenvalue weighted by Gasteiger charge is -2.41. The van der Waals surface area contributed by atoms with Crippen molar-refractivity contribution in [3.63, 3.8) is 0 Å². The van der Waals surface area contributed by atoms with Crippen LogP contribution < -0.4 is 5.32 Å². The van der Waals surface area contributed by atoms with Crippen molar-refractivity contribution >= 4 is 11.9 Å². The minimum Gasteiger partial charge on any atom is -0.454 e. The summed E-state index contributed by atoms with van der Waals surface area (Å²) in [4.78, 5) is 26.7. The molecule has 1 aliphatic rings. The molecule has 1 rings (SSSR count). The average molecular weight is 1180 g/mol. The van der Waals surface area contributed by atoms with Gasteiger partial charge in [0.25, 0.3) is 0 Å². The fraction of sp³-hybridized carbons (Fsp3) is 0.944. The topological polar surface area (TPSA) is 175 Å². The predicted octanol–water partition coefficient (Wildman–Crippen LogP) is 18.6. The van der Waals surface area contributed by atoms with Crippen molar-refractivity contribution in [1.29, 1.82) is 0 Å². The molecule has 0 aliphatic carbocycles. The molecule has 0 bridgehead atoms. The van der Waals surface area contributed by atoms with Crippen LogP contribution in [0.1, 0.15) is 374 Å². The van der Waals surface area contributed by atoms with Crippen molar-refractivity contribution in [2.24, 2.45) is 0 Å². The zero-order valence-electron chi connectivity index (χ0n) is 54.9. The van der Waals surface area contributed by atoms with E-state index in [1.165, 1.54) is 270 Å². The second-order valence-electron chi connectivity index (χ2n) is 25.7. The van der Waals surface area contributed by atoms with Crippen LogP contribution in [0.2, 0.25) is 0 Å². The van der Waals surface area contributed by atoms with E-state index >= 15 is 0 Å². The molecular weight excluding hydrogens is 1040 g/mol. The molecular formula is C72H139NO10. The Morgan fingerprint density at radius 2 is 0.783 bits per heavy atom. The van der Waals surface area contributed by atoms with Gasteiger partial charge in [-0.1, -0.05) is 354 Å². The number of carbonyl (C=O) groups excluding carboxylic acids is 2. The highest BCUT2D eigenvalue weighted by atomic mass is 16.7. The van der Waals surface area contributed by atoms with Crippen LogP contribution >= 0.6 is 0 Å². The van der Waals surface area contributed by atoms with Crippen molar-refractivity contribution in [2.45, 2.75) is 423 Å². The van der Waals surface area contributed by atoms with Gasteiger partial charge < -0.3 is 45.1 Å². The van der Waals surface area contributed by atoms with Gasteiger partial charge in [0.2, 0.25) is 5.91 Å². The third kappa shape index (κ3) is 48.1. The van der Waals surface area contributed by atoms with Crippen molar-refractivity contribution in [1.82, 2.24) is 5.32 Å². The third-order valence-electron chi connectivity index (χ3n) is 17.7. The fourth-order valence-corrected chi connectivity index (χ4v) is 12.0. The second kappa shape index (κ2) is 60.7. The number of rotatable bonds is 64. The number of hydrogen-bond acceptors (Lipinski definition) is 10. The first-order valence-electron chi connectivity index (χ1n) is 36.5. The monoisotopic (exact) mass is 1180 g/mol. The number of nitrogens with one attached hydrogen (secondary N) is 1. The molecule has 1 fully saturated rings. The number of amides is 1. The molecule has 0 saturated carbocycles. The Hall–Kier alpha value is -1.60. The van der Waals surface area contributed by atoms with Gasteiger partial charge in [-0.25, -0.2) is 0 Å². The maximum Gasteiger partial charge on any atom is 0.306 e. The van der Waals surface area contributed by atoms with Gasteiger partial charge in [0.1, 0.15) is 24.4 Å².